The Bertz CT molecular complexity index is 537. The number of rotatable bonds is 6. The van der Waals surface area contributed by atoms with E-state index in [1.807, 2.05) is 0 Å². The van der Waals surface area contributed by atoms with Gasteiger partial charge in [0, 0.05) is 12.6 Å². The molecule has 0 unspecified atom stereocenters. The van der Waals surface area contributed by atoms with Crippen molar-refractivity contribution < 1.29 is 0 Å². The third-order valence-electron chi connectivity index (χ3n) is 3.86. The molecule has 0 saturated carbocycles. The van der Waals surface area contributed by atoms with Gasteiger partial charge in [0.2, 0.25) is 0 Å². The number of benzene rings is 2. The molecule has 0 aliphatic carbocycles. The second-order valence-corrected chi connectivity index (χ2v) is 6.43. The van der Waals surface area contributed by atoms with Crippen LogP contribution in [0.15, 0.2) is 48.5 Å². The van der Waals surface area contributed by atoms with Crippen molar-refractivity contribution in [3.05, 3.63) is 70.8 Å². The van der Waals surface area contributed by atoms with Crippen LogP contribution in [0.4, 0.5) is 0 Å². The third-order valence-corrected chi connectivity index (χ3v) is 3.86. The predicted molar refractivity (Wildman–Crippen MR) is 91.4 cm³/mol. The molecule has 2 rings (SSSR count). The lowest BCUT2D eigenvalue weighted by atomic mass is 10.0. The van der Waals surface area contributed by atoms with Crippen molar-refractivity contribution in [1.29, 1.82) is 0 Å². The van der Waals surface area contributed by atoms with Crippen LogP contribution < -0.4 is 5.32 Å². The van der Waals surface area contributed by atoms with Gasteiger partial charge in [-0.15, -0.1) is 0 Å². The minimum Gasteiger partial charge on any atom is -0.306 e. The zero-order valence-electron chi connectivity index (χ0n) is 13.7. The van der Waals surface area contributed by atoms with Gasteiger partial charge >= 0.3 is 0 Å². The largest absolute Gasteiger partial charge is 0.306 e. The van der Waals surface area contributed by atoms with E-state index in [9.17, 15) is 0 Å². The topological polar surface area (TPSA) is 12.0 Å². The summed E-state index contributed by atoms with van der Waals surface area (Å²) in [6.45, 7) is 9.78. The van der Waals surface area contributed by atoms with Crippen molar-refractivity contribution in [1.82, 2.24) is 5.32 Å². The molecule has 0 fully saturated rings. The van der Waals surface area contributed by atoms with Gasteiger partial charge in [0.15, 0.2) is 0 Å². The van der Waals surface area contributed by atoms with E-state index < -0.39 is 0 Å². The van der Waals surface area contributed by atoms with Gasteiger partial charge in [-0.2, -0.15) is 0 Å². The molecule has 1 N–H and O–H groups in total. The van der Waals surface area contributed by atoms with Crippen molar-refractivity contribution in [2.75, 3.05) is 0 Å². The molecule has 112 valence electrons. The maximum absolute atomic E-state index is 3.59. The van der Waals surface area contributed by atoms with E-state index in [0.29, 0.717) is 6.04 Å². The number of hydrogen-bond donors (Lipinski definition) is 1. The summed E-state index contributed by atoms with van der Waals surface area (Å²) >= 11 is 0. The Morgan fingerprint density at radius 2 is 1.38 bits per heavy atom. The smallest absolute Gasteiger partial charge is 0.0294 e. The van der Waals surface area contributed by atoms with Gasteiger partial charge in [0.05, 0.1) is 0 Å². The summed E-state index contributed by atoms with van der Waals surface area (Å²) in [4.78, 5) is 0. The molecule has 0 bridgehead atoms. The van der Waals surface area contributed by atoms with Crippen LogP contribution in [0.5, 0.6) is 0 Å². The van der Waals surface area contributed by atoms with Gasteiger partial charge < -0.3 is 5.32 Å². The fourth-order valence-corrected chi connectivity index (χ4v) is 2.51. The fourth-order valence-electron chi connectivity index (χ4n) is 2.51. The predicted octanol–water partition coefficient (Wildman–Crippen LogP) is 5.04. The van der Waals surface area contributed by atoms with Crippen LogP contribution in [0.3, 0.4) is 0 Å². The van der Waals surface area contributed by atoms with Crippen LogP contribution in [-0.2, 0) is 13.0 Å². The molecular formula is C20H27N. The van der Waals surface area contributed by atoms with Crippen LogP contribution in [0.25, 0.3) is 0 Å². The number of nitrogens with one attached hydrogen (secondary N) is 1. The molecule has 1 heteroatoms. The lowest BCUT2D eigenvalue weighted by Gasteiger charge is -2.15. The Morgan fingerprint density at radius 3 is 1.95 bits per heavy atom. The van der Waals surface area contributed by atoms with Crippen LogP contribution in [0, 0.1) is 12.8 Å². The molecule has 0 aromatic heterocycles. The molecule has 0 saturated heterocycles. The average Bonchev–Trinajstić information content (AvgIpc) is 2.46. The van der Waals surface area contributed by atoms with E-state index in [2.05, 4.69) is 81.5 Å². The monoisotopic (exact) mass is 281 g/mol. The SMILES string of the molecule is Cc1ccc([C@H](C)NCc2ccc(CC(C)C)cc2)cc1. The van der Waals surface area contributed by atoms with Crippen molar-refractivity contribution in [2.45, 2.75) is 46.7 Å². The van der Waals surface area contributed by atoms with Crippen molar-refractivity contribution in [2.24, 2.45) is 5.92 Å². The van der Waals surface area contributed by atoms with Crippen LogP contribution in [-0.4, -0.2) is 0 Å². The molecule has 0 radical (unpaired) electrons. The normalized spacial score (nSPS) is 12.6. The van der Waals surface area contributed by atoms with E-state index in [0.717, 1.165) is 18.9 Å². The second-order valence-electron chi connectivity index (χ2n) is 6.43. The van der Waals surface area contributed by atoms with Crippen molar-refractivity contribution in [3.63, 3.8) is 0 Å². The highest BCUT2D eigenvalue weighted by atomic mass is 14.9. The highest BCUT2D eigenvalue weighted by Crippen LogP contribution is 2.15. The summed E-state index contributed by atoms with van der Waals surface area (Å²) in [5.41, 5.74) is 5.44. The summed E-state index contributed by atoms with van der Waals surface area (Å²) in [5.74, 6) is 0.718. The van der Waals surface area contributed by atoms with E-state index in [4.69, 9.17) is 0 Å². The third kappa shape index (κ3) is 5.02. The summed E-state index contributed by atoms with van der Waals surface area (Å²) < 4.78 is 0. The fraction of sp³-hybridized carbons (Fsp3) is 0.400. The molecule has 0 aliphatic heterocycles. The Kier molecular flexibility index (Phi) is 5.58. The number of hydrogen-bond acceptors (Lipinski definition) is 1. The quantitative estimate of drug-likeness (QED) is 0.781. The summed E-state index contributed by atoms with van der Waals surface area (Å²) in [6, 6.07) is 18.1. The highest BCUT2D eigenvalue weighted by molar-refractivity contribution is 5.25. The summed E-state index contributed by atoms with van der Waals surface area (Å²) in [7, 11) is 0. The minimum atomic E-state index is 0.376. The van der Waals surface area contributed by atoms with Gasteiger partial charge in [0.1, 0.15) is 0 Å². The zero-order chi connectivity index (χ0) is 15.2. The first-order valence-electron chi connectivity index (χ1n) is 7.92. The van der Waals surface area contributed by atoms with Crippen molar-refractivity contribution in [3.8, 4) is 0 Å². The maximum Gasteiger partial charge on any atom is 0.0294 e. The molecular weight excluding hydrogens is 254 g/mol. The summed E-state index contributed by atoms with van der Waals surface area (Å²) in [5, 5.41) is 3.59. The average molecular weight is 281 g/mol. The van der Waals surface area contributed by atoms with Gasteiger partial charge in [-0.3, -0.25) is 0 Å². The van der Waals surface area contributed by atoms with Crippen LogP contribution in [0.1, 0.15) is 49.1 Å². The van der Waals surface area contributed by atoms with E-state index in [1.165, 1.54) is 22.3 Å². The lowest BCUT2D eigenvalue weighted by molar-refractivity contribution is 0.574. The van der Waals surface area contributed by atoms with Gasteiger partial charge in [-0.1, -0.05) is 67.9 Å². The molecule has 2 aromatic rings. The molecule has 0 heterocycles. The number of aryl methyl sites for hydroxylation is 1. The minimum absolute atomic E-state index is 0.376. The molecule has 0 amide bonds. The highest BCUT2D eigenvalue weighted by Gasteiger charge is 2.04. The zero-order valence-corrected chi connectivity index (χ0v) is 13.7. The molecule has 21 heavy (non-hydrogen) atoms. The first-order valence-corrected chi connectivity index (χ1v) is 7.92. The van der Waals surface area contributed by atoms with Gasteiger partial charge in [-0.25, -0.2) is 0 Å². The molecule has 1 nitrogen and oxygen atoms in total. The van der Waals surface area contributed by atoms with E-state index in [1.54, 1.807) is 0 Å². The first kappa shape index (κ1) is 15.8. The standard InChI is InChI=1S/C20H27N/c1-15(2)13-18-7-9-19(10-8-18)14-21-17(4)20-11-5-16(3)6-12-20/h5-12,15,17,21H,13-14H2,1-4H3/t17-/m0/s1. The Morgan fingerprint density at radius 1 is 0.810 bits per heavy atom. The molecule has 1 atom stereocenters. The van der Waals surface area contributed by atoms with Gasteiger partial charge in [-0.05, 0) is 42.9 Å². The second kappa shape index (κ2) is 7.42. The van der Waals surface area contributed by atoms with Crippen LogP contribution >= 0.6 is 0 Å². The van der Waals surface area contributed by atoms with E-state index >= 15 is 0 Å². The lowest BCUT2D eigenvalue weighted by Crippen LogP contribution is -2.18. The Labute approximate surface area is 129 Å². The Hall–Kier alpha value is -1.60. The first-order chi connectivity index (χ1) is 10.0. The molecule has 2 aromatic carbocycles. The molecule has 0 aliphatic rings. The van der Waals surface area contributed by atoms with Crippen LogP contribution in [0.2, 0.25) is 0 Å². The maximum atomic E-state index is 3.59. The Balaban J connectivity index is 1.88. The van der Waals surface area contributed by atoms with E-state index in [-0.39, 0.29) is 0 Å². The van der Waals surface area contributed by atoms with Crippen molar-refractivity contribution >= 4 is 0 Å². The summed E-state index contributed by atoms with van der Waals surface area (Å²) in [6.07, 6.45) is 1.16. The van der Waals surface area contributed by atoms with Gasteiger partial charge in [0.25, 0.3) is 0 Å². The molecule has 0 spiro atoms.